The summed E-state index contributed by atoms with van der Waals surface area (Å²) in [6, 6.07) is 30.5. The summed E-state index contributed by atoms with van der Waals surface area (Å²) >= 11 is 0. The van der Waals surface area contributed by atoms with Gasteiger partial charge in [-0.15, -0.1) is 0 Å². The summed E-state index contributed by atoms with van der Waals surface area (Å²) in [5, 5.41) is 32.4. The smallest absolute Gasteiger partial charge is 0.340 e. The highest BCUT2D eigenvalue weighted by Gasteiger charge is 2.61. The maximum Gasteiger partial charge on any atom is 0.340 e. The van der Waals surface area contributed by atoms with E-state index in [0.29, 0.717) is 53.0 Å². The first-order chi connectivity index (χ1) is 38.6. The largest absolute Gasteiger partial charge is 0.482 e. The summed E-state index contributed by atoms with van der Waals surface area (Å²) in [6.07, 6.45) is 19.0. The Hall–Kier alpha value is -6.11. The summed E-state index contributed by atoms with van der Waals surface area (Å²) in [4.78, 5) is 45.4. The molecular weight excluding hydrogens is 993 g/mol. The van der Waals surface area contributed by atoms with Gasteiger partial charge >= 0.3 is 17.6 Å². The van der Waals surface area contributed by atoms with Gasteiger partial charge in [0, 0.05) is 60.3 Å². The number of aliphatic hydroxyl groups excluding tert-OH is 3. The highest BCUT2D eigenvalue weighted by Crippen LogP contribution is 2.58. The molecule has 11 nitrogen and oxygen atoms in total. The van der Waals surface area contributed by atoms with Gasteiger partial charge in [0.2, 0.25) is 0 Å². The number of hydrogen-bond donors (Lipinski definition) is 3. The highest BCUT2D eigenvalue weighted by atomic mass is 16.6. The molecule has 1 aromatic heterocycles. The molecule has 8 aliphatic rings. The fourth-order valence-electron chi connectivity index (χ4n) is 16.2. The Bertz CT molecular complexity index is 3250. The Kier molecular flexibility index (Phi) is 15.2. The van der Waals surface area contributed by atoms with E-state index in [1.165, 1.54) is 42.2 Å². The Morgan fingerprint density at radius 3 is 2.49 bits per heavy atom. The van der Waals surface area contributed by atoms with Crippen LogP contribution in [-0.4, -0.2) is 65.9 Å². The van der Waals surface area contributed by atoms with Gasteiger partial charge in [-0.1, -0.05) is 123 Å². The van der Waals surface area contributed by atoms with Crippen LogP contribution in [0.15, 0.2) is 124 Å². The van der Waals surface area contributed by atoms with Crippen molar-refractivity contribution in [3.63, 3.8) is 0 Å². The summed E-state index contributed by atoms with van der Waals surface area (Å²) < 4.78 is 33.4. The fourth-order valence-corrected chi connectivity index (χ4v) is 16.2. The molecule has 5 aliphatic carbocycles. The molecule has 2 bridgehead atoms. The number of ether oxygens (including phenoxy) is 4. The molecule has 3 aliphatic heterocycles. The maximum absolute atomic E-state index is 15.7. The first kappa shape index (κ1) is 53.5. The normalized spacial score (nSPS) is 30.4. The molecule has 0 radical (unpaired) electrons. The van der Waals surface area contributed by atoms with Crippen molar-refractivity contribution in [1.29, 1.82) is 0 Å². The van der Waals surface area contributed by atoms with Gasteiger partial charge in [-0.05, 0) is 157 Å². The lowest BCUT2D eigenvalue weighted by molar-refractivity contribution is -0.208. The van der Waals surface area contributed by atoms with Crippen LogP contribution in [0.25, 0.3) is 17.0 Å². The SMILES string of the molecule is COC[C@@H](CCO)c1c(CO)c2ccc3c(c2oc1=O)[C@H]1OC(=O)C[C@@H]2C[C@@H](c4cccc([C@@]56CCCC[C@@H]5C=Cc5ccccc56)c4)CC[C@H]2c2ccc(cc2)CC/C(=C(\C)CO)C(=O)O[C@@H]1[C@@]1(CC=C[C@@H]2CCCC[C@H]21)O3. The van der Waals surface area contributed by atoms with Gasteiger partial charge in [0.1, 0.15) is 11.3 Å². The van der Waals surface area contributed by atoms with E-state index in [1.807, 2.05) is 0 Å². The van der Waals surface area contributed by atoms with Crippen molar-refractivity contribution in [3.8, 4) is 5.75 Å². The lowest BCUT2D eigenvalue weighted by Gasteiger charge is -2.54. The van der Waals surface area contributed by atoms with Crippen LogP contribution >= 0.6 is 0 Å². The molecule has 79 heavy (non-hydrogen) atoms. The first-order valence-corrected chi connectivity index (χ1v) is 29.4. The Morgan fingerprint density at radius 2 is 1.67 bits per heavy atom. The van der Waals surface area contributed by atoms with E-state index in [9.17, 15) is 20.1 Å². The molecule has 0 unspecified atom stereocenters. The van der Waals surface area contributed by atoms with E-state index in [2.05, 4.69) is 97.1 Å². The van der Waals surface area contributed by atoms with Gasteiger partial charge in [0.25, 0.3) is 0 Å². The van der Waals surface area contributed by atoms with E-state index < -0.39 is 47.9 Å². The number of benzene rings is 4. The van der Waals surface area contributed by atoms with E-state index in [4.69, 9.17) is 23.4 Å². The van der Waals surface area contributed by atoms with Crippen molar-refractivity contribution in [3.05, 3.63) is 175 Å². The van der Waals surface area contributed by atoms with Gasteiger partial charge in [-0.3, -0.25) is 4.79 Å². The number of carbonyl (C=O) groups is 2. The summed E-state index contributed by atoms with van der Waals surface area (Å²) in [7, 11) is 1.52. The minimum atomic E-state index is -1.31. The standard InChI is InChI=1S/C68H76O11/c1-41(38-70)52-27-21-42-19-22-43(23-20-42)53-28-25-47(46-13-9-16-51(36-46)67-32-8-7-15-50(67)26-24-45-12-3-5-17-56(45)67)35-49(53)37-59(72)76-63-61-58(79-68(64(63)78-65(52)73)33-10-14-44-11-4-6-18-57(44)68)30-29-54-55(39-71)60(66(74)77-62(54)61)48(31-34-69)40-75-2/h3,5,9-10,12-14,16-17,19-20,22-24,26,29-30,36,44,47-50,53,57,63-64,69-71H,4,6-8,11,15,18,21,25,27-28,31-35,37-40H2,1-2H3/b52-41-/t44-,47-,48+,49-,50+,53-,57+,63+,64-,67+,68-/m0/s1. The number of rotatable bonds is 9. The minimum Gasteiger partial charge on any atom is -0.482 e. The number of carbonyl (C=O) groups excluding carboxylic acids is 2. The third-order valence-corrected chi connectivity index (χ3v) is 20.0. The van der Waals surface area contributed by atoms with Crippen LogP contribution in [0.3, 0.4) is 0 Å². The lowest BCUT2D eigenvalue weighted by Crippen LogP contribution is -2.62. The van der Waals surface area contributed by atoms with Gasteiger partial charge < -0.3 is 38.7 Å². The van der Waals surface area contributed by atoms with Crippen LogP contribution in [0.4, 0.5) is 0 Å². The number of methoxy groups -OCH3 is 1. The van der Waals surface area contributed by atoms with Crippen molar-refractivity contribution in [2.75, 3.05) is 26.9 Å². The molecule has 4 heterocycles. The third kappa shape index (κ3) is 9.54. The van der Waals surface area contributed by atoms with Crippen LogP contribution in [0, 0.1) is 23.7 Å². The van der Waals surface area contributed by atoms with Crippen LogP contribution in [0.5, 0.6) is 5.75 Å². The molecule has 0 saturated heterocycles. The number of aryl methyl sites for hydroxylation is 1. The monoisotopic (exact) mass is 1070 g/mol. The highest BCUT2D eigenvalue weighted by molar-refractivity contribution is 5.90. The molecule has 414 valence electrons. The van der Waals surface area contributed by atoms with Crippen molar-refractivity contribution < 1.29 is 48.3 Å². The molecule has 4 aromatic carbocycles. The zero-order valence-corrected chi connectivity index (χ0v) is 45.8. The molecule has 5 aromatic rings. The van der Waals surface area contributed by atoms with E-state index in [-0.39, 0.29) is 84.4 Å². The van der Waals surface area contributed by atoms with Gasteiger partial charge in [-0.2, -0.15) is 0 Å². The summed E-state index contributed by atoms with van der Waals surface area (Å²) in [5.41, 5.74) is 7.24. The summed E-state index contributed by atoms with van der Waals surface area (Å²) in [5.74, 6) is -0.828. The molecule has 11 heteroatoms. The predicted octanol–water partition coefficient (Wildman–Crippen LogP) is 12.3. The fraction of sp³-hybridized carbons (Fsp3) is 0.485. The second-order valence-corrected chi connectivity index (χ2v) is 24.1. The Balaban J connectivity index is 0.988. The number of hydrogen-bond acceptors (Lipinski definition) is 11. The number of allylic oxidation sites excluding steroid dienone is 2. The van der Waals surface area contributed by atoms with E-state index >= 15 is 9.59 Å². The number of aliphatic hydroxyl groups is 3. The third-order valence-electron chi connectivity index (χ3n) is 20.0. The van der Waals surface area contributed by atoms with Crippen molar-refractivity contribution in [2.24, 2.45) is 23.7 Å². The van der Waals surface area contributed by atoms with E-state index in [0.717, 1.165) is 68.9 Å². The molecule has 3 N–H and O–H groups in total. The van der Waals surface area contributed by atoms with Crippen molar-refractivity contribution >= 4 is 29.0 Å². The maximum atomic E-state index is 15.7. The second-order valence-electron chi connectivity index (χ2n) is 24.1. The van der Waals surface area contributed by atoms with Gasteiger partial charge in [0.15, 0.2) is 17.8 Å². The average Bonchev–Trinajstić information content (AvgIpc) is 3.51. The molecule has 3 saturated carbocycles. The summed E-state index contributed by atoms with van der Waals surface area (Å²) in [6.45, 7) is 0.738. The minimum absolute atomic E-state index is 0.0504. The lowest BCUT2D eigenvalue weighted by atomic mass is 9.56. The molecule has 13 rings (SSSR count). The van der Waals surface area contributed by atoms with Crippen molar-refractivity contribution in [2.45, 2.75) is 157 Å². The molecule has 0 amide bonds. The average molecular weight is 1070 g/mol. The van der Waals surface area contributed by atoms with Crippen LogP contribution in [0.2, 0.25) is 0 Å². The van der Waals surface area contributed by atoms with Crippen LogP contribution < -0.4 is 10.4 Å². The van der Waals surface area contributed by atoms with Crippen LogP contribution in [-0.2, 0) is 42.2 Å². The second kappa shape index (κ2) is 22.4. The van der Waals surface area contributed by atoms with Gasteiger partial charge in [0.05, 0.1) is 25.4 Å². The Morgan fingerprint density at radius 1 is 0.835 bits per heavy atom. The number of fused-ring (bicyclic) bond motifs is 16. The molecule has 11 atom stereocenters. The zero-order chi connectivity index (χ0) is 54.4. The van der Waals surface area contributed by atoms with Crippen LogP contribution in [0.1, 0.15) is 177 Å². The molecule has 3 fully saturated rings. The van der Waals surface area contributed by atoms with Crippen molar-refractivity contribution in [1.82, 2.24) is 0 Å². The first-order valence-electron chi connectivity index (χ1n) is 29.4. The predicted molar refractivity (Wildman–Crippen MR) is 303 cm³/mol. The topological polar surface area (TPSA) is 162 Å². The van der Waals surface area contributed by atoms with Gasteiger partial charge in [-0.25, -0.2) is 9.59 Å². The molecule has 1 spiro atoms. The van der Waals surface area contributed by atoms with E-state index in [1.54, 1.807) is 19.1 Å². The quantitative estimate of drug-likeness (QED) is 0.0557. The Labute approximate surface area is 463 Å². The zero-order valence-electron chi connectivity index (χ0n) is 45.8. The molecular formula is C68H76O11. The number of esters is 2.